The van der Waals surface area contributed by atoms with Crippen molar-refractivity contribution in [2.75, 3.05) is 6.54 Å². The Hall–Kier alpha value is -1.72. The van der Waals surface area contributed by atoms with Crippen LogP contribution in [0.15, 0.2) is 36.7 Å². The van der Waals surface area contributed by atoms with Gasteiger partial charge in [0.05, 0.1) is 11.6 Å². The SMILES string of the molecule is CC1(C)CCC(O)(CN[C@H](c2ccccc2)c2ncn[nH]2)CC1. The van der Waals surface area contributed by atoms with Gasteiger partial charge in [0.1, 0.15) is 12.2 Å². The van der Waals surface area contributed by atoms with Crippen LogP contribution in [0, 0.1) is 5.41 Å². The van der Waals surface area contributed by atoms with E-state index < -0.39 is 5.60 Å². The first kappa shape index (κ1) is 16.1. The zero-order valence-corrected chi connectivity index (χ0v) is 13.9. The molecule has 1 saturated carbocycles. The second-order valence-corrected chi connectivity index (χ2v) is 7.48. The molecule has 0 bridgehead atoms. The Balaban J connectivity index is 1.70. The smallest absolute Gasteiger partial charge is 0.145 e. The molecule has 0 saturated heterocycles. The number of rotatable bonds is 5. The number of hydrogen-bond donors (Lipinski definition) is 3. The average molecular weight is 314 g/mol. The molecule has 0 aliphatic heterocycles. The van der Waals surface area contributed by atoms with Gasteiger partial charge in [-0.1, -0.05) is 44.2 Å². The third kappa shape index (κ3) is 3.98. The number of nitrogens with zero attached hydrogens (tertiary/aromatic N) is 2. The highest BCUT2D eigenvalue weighted by Gasteiger charge is 2.37. The first-order valence-electron chi connectivity index (χ1n) is 8.34. The summed E-state index contributed by atoms with van der Waals surface area (Å²) in [5, 5.41) is 21.3. The molecule has 1 aromatic carbocycles. The number of aromatic amines is 1. The highest BCUT2D eigenvalue weighted by Crippen LogP contribution is 2.40. The molecule has 0 unspecified atom stereocenters. The maximum absolute atomic E-state index is 10.9. The van der Waals surface area contributed by atoms with Gasteiger partial charge in [-0.15, -0.1) is 0 Å². The van der Waals surface area contributed by atoms with E-state index in [1.54, 1.807) is 0 Å². The summed E-state index contributed by atoms with van der Waals surface area (Å²) >= 11 is 0. The molecule has 1 atom stereocenters. The van der Waals surface area contributed by atoms with Crippen molar-refractivity contribution in [3.63, 3.8) is 0 Å². The van der Waals surface area contributed by atoms with E-state index in [2.05, 4.69) is 46.5 Å². The zero-order valence-electron chi connectivity index (χ0n) is 13.9. The van der Waals surface area contributed by atoms with Gasteiger partial charge in [0, 0.05) is 6.54 Å². The molecule has 3 N–H and O–H groups in total. The fourth-order valence-electron chi connectivity index (χ4n) is 3.23. The number of aliphatic hydroxyl groups is 1. The van der Waals surface area contributed by atoms with Gasteiger partial charge in [-0.3, -0.25) is 5.10 Å². The number of nitrogens with one attached hydrogen (secondary N) is 2. The van der Waals surface area contributed by atoms with Crippen molar-refractivity contribution < 1.29 is 5.11 Å². The van der Waals surface area contributed by atoms with Gasteiger partial charge in [-0.25, -0.2) is 4.98 Å². The van der Waals surface area contributed by atoms with E-state index in [4.69, 9.17) is 0 Å². The van der Waals surface area contributed by atoms with Gasteiger partial charge in [-0.2, -0.15) is 5.10 Å². The second kappa shape index (κ2) is 6.42. The second-order valence-electron chi connectivity index (χ2n) is 7.48. The third-order valence-electron chi connectivity index (χ3n) is 5.01. The van der Waals surface area contributed by atoms with E-state index in [1.165, 1.54) is 6.33 Å². The van der Waals surface area contributed by atoms with Crippen LogP contribution in [0.1, 0.15) is 57.0 Å². The van der Waals surface area contributed by atoms with E-state index in [0.29, 0.717) is 12.0 Å². The van der Waals surface area contributed by atoms with Crippen LogP contribution in [0.2, 0.25) is 0 Å². The molecular weight excluding hydrogens is 288 g/mol. The van der Waals surface area contributed by atoms with Crippen molar-refractivity contribution in [3.05, 3.63) is 48.0 Å². The van der Waals surface area contributed by atoms with Crippen molar-refractivity contribution in [2.45, 2.75) is 51.2 Å². The predicted octanol–water partition coefficient (Wildman–Crippen LogP) is 2.82. The summed E-state index contributed by atoms with van der Waals surface area (Å²) in [6.45, 7) is 5.12. The summed E-state index contributed by atoms with van der Waals surface area (Å²) in [6.07, 6.45) is 5.31. The lowest BCUT2D eigenvalue weighted by atomic mass is 9.71. The van der Waals surface area contributed by atoms with Gasteiger partial charge in [0.15, 0.2) is 0 Å². The normalized spacial score (nSPS) is 21.0. The molecule has 1 aromatic heterocycles. The molecule has 5 heteroatoms. The first-order chi connectivity index (χ1) is 11.0. The van der Waals surface area contributed by atoms with Crippen LogP contribution in [0.25, 0.3) is 0 Å². The first-order valence-corrected chi connectivity index (χ1v) is 8.34. The molecule has 1 fully saturated rings. The molecule has 1 aliphatic carbocycles. The lowest BCUT2D eigenvalue weighted by Gasteiger charge is -2.41. The Kier molecular flexibility index (Phi) is 4.50. The molecule has 23 heavy (non-hydrogen) atoms. The fraction of sp³-hybridized carbons (Fsp3) is 0.556. The summed E-state index contributed by atoms with van der Waals surface area (Å²) in [6, 6.07) is 10.1. The van der Waals surface area contributed by atoms with Gasteiger partial charge in [-0.05, 0) is 36.7 Å². The maximum atomic E-state index is 10.9. The molecule has 0 amide bonds. The summed E-state index contributed by atoms with van der Waals surface area (Å²) < 4.78 is 0. The fourth-order valence-corrected chi connectivity index (χ4v) is 3.23. The molecule has 5 nitrogen and oxygen atoms in total. The third-order valence-corrected chi connectivity index (χ3v) is 5.01. The van der Waals surface area contributed by atoms with Crippen LogP contribution >= 0.6 is 0 Å². The number of hydrogen-bond acceptors (Lipinski definition) is 4. The largest absolute Gasteiger partial charge is 0.389 e. The number of H-pyrrole nitrogens is 1. The highest BCUT2D eigenvalue weighted by atomic mass is 16.3. The highest BCUT2D eigenvalue weighted by molar-refractivity contribution is 5.24. The Bertz CT molecular complexity index is 599. The van der Waals surface area contributed by atoms with E-state index in [-0.39, 0.29) is 6.04 Å². The Labute approximate surface area is 137 Å². The summed E-state index contributed by atoms with van der Waals surface area (Å²) in [5.74, 6) is 0.774. The van der Waals surface area contributed by atoms with Crippen LogP contribution in [-0.4, -0.2) is 32.4 Å². The Morgan fingerprint density at radius 2 is 1.87 bits per heavy atom. The standard InChI is InChI=1S/C18H26N4O/c1-17(2)8-10-18(23,11-9-17)12-19-15(16-20-13-21-22-16)14-6-4-3-5-7-14/h3-7,13,15,19,23H,8-12H2,1-2H3,(H,20,21,22)/t15-/m1/s1. The quantitative estimate of drug-likeness (QED) is 0.793. The van der Waals surface area contributed by atoms with Crippen LogP contribution in [0.3, 0.4) is 0 Å². The van der Waals surface area contributed by atoms with Gasteiger partial charge >= 0.3 is 0 Å². The van der Waals surface area contributed by atoms with Crippen molar-refractivity contribution in [3.8, 4) is 0 Å². The topological polar surface area (TPSA) is 73.8 Å². The summed E-state index contributed by atoms with van der Waals surface area (Å²) in [4.78, 5) is 4.29. The lowest BCUT2D eigenvalue weighted by Crippen LogP contribution is -2.46. The van der Waals surface area contributed by atoms with Gasteiger partial charge in [0.25, 0.3) is 0 Å². The van der Waals surface area contributed by atoms with E-state index >= 15 is 0 Å². The van der Waals surface area contributed by atoms with Crippen molar-refractivity contribution in [1.82, 2.24) is 20.5 Å². The van der Waals surface area contributed by atoms with Crippen molar-refractivity contribution in [1.29, 1.82) is 0 Å². The van der Waals surface area contributed by atoms with Crippen LogP contribution < -0.4 is 5.32 Å². The lowest BCUT2D eigenvalue weighted by molar-refractivity contribution is -0.0255. The van der Waals surface area contributed by atoms with Crippen LogP contribution in [0.4, 0.5) is 0 Å². The Morgan fingerprint density at radius 1 is 1.17 bits per heavy atom. The molecule has 0 radical (unpaired) electrons. The predicted molar refractivity (Wildman–Crippen MR) is 89.9 cm³/mol. The molecule has 1 aliphatic rings. The van der Waals surface area contributed by atoms with Gasteiger partial charge < -0.3 is 10.4 Å². The average Bonchev–Trinajstić information content (AvgIpc) is 3.06. The number of aromatic nitrogens is 3. The molecule has 3 rings (SSSR count). The molecule has 1 heterocycles. The molecule has 2 aromatic rings. The monoisotopic (exact) mass is 314 g/mol. The summed E-state index contributed by atoms with van der Waals surface area (Å²) in [7, 11) is 0. The van der Waals surface area contributed by atoms with Crippen molar-refractivity contribution in [2.24, 2.45) is 5.41 Å². The molecule has 0 spiro atoms. The van der Waals surface area contributed by atoms with E-state index in [1.807, 2.05) is 18.2 Å². The molecule has 124 valence electrons. The zero-order chi connectivity index (χ0) is 16.3. The minimum Gasteiger partial charge on any atom is -0.389 e. The van der Waals surface area contributed by atoms with E-state index in [9.17, 15) is 5.11 Å². The molecular formula is C18H26N4O. The minimum absolute atomic E-state index is 0.0855. The Morgan fingerprint density at radius 3 is 2.48 bits per heavy atom. The van der Waals surface area contributed by atoms with Crippen LogP contribution in [-0.2, 0) is 0 Å². The minimum atomic E-state index is -0.636. The van der Waals surface area contributed by atoms with Crippen molar-refractivity contribution >= 4 is 0 Å². The van der Waals surface area contributed by atoms with Crippen LogP contribution in [0.5, 0.6) is 0 Å². The maximum Gasteiger partial charge on any atom is 0.145 e. The van der Waals surface area contributed by atoms with Gasteiger partial charge in [0.2, 0.25) is 0 Å². The van der Waals surface area contributed by atoms with E-state index in [0.717, 1.165) is 37.1 Å². The summed E-state index contributed by atoms with van der Waals surface area (Å²) in [5.41, 5.74) is 0.822. The number of benzene rings is 1.